The van der Waals surface area contributed by atoms with Crippen molar-refractivity contribution in [1.82, 2.24) is 4.98 Å². The molecule has 0 spiro atoms. The molecule has 2 rings (SSSR count). The molecule has 0 aliphatic heterocycles. The minimum absolute atomic E-state index is 0.0184. The fourth-order valence-corrected chi connectivity index (χ4v) is 1.51. The first kappa shape index (κ1) is 12.3. The fraction of sp³-hybridized carbons (Fsp3) is 0.0769. The highest BCUT2D eigenvalue weighted by Crippen LogP contribution is 2.23. The van der Waals surface area contributed by atoms with Crippen molar-refractivity contribution in [3.8, 4) is 0 Å². The summed E-state index contributed by atoms with van der Waals surface area (Å²) in [4.78, 5) is 15.7. The van der Waals surface area contributed by atoms with Crippen molar-refractivity contribution in [1.29, 1.82) is 0 Å². The van der Waals surface area contributed by atoms with Gasteiger partial charge in [0.25, 0.3) is 6.43 Å². The van der Waals surface area contributed by atoms with Crippen molar-refractivity contribution in [2.24, 2.45) is 0 Å². The first-order valence-corrected chi connectivity index (χ1v) is 5.12. The van der Waals surface area contributed by atoms with Crippen molar-refractivity contribution < 1.29 is 18.0 Å². The molecule has 0 aliphatic rings. The van der Waals surface area contributed by atoms with Crippen LogP contribution in [0.3, 0.4) is 0 Å². The minimum atomic E-state index is -2.90. The molecule has 0 bridgehead atoms. The number of carbonyl (C=O) groups is 1. The van der Waals surface area contributed by atoms with Crippen molar-refractivity contribution in [2.75, 3.05) is 0 Å². The van der Waals surface area contributed by atoms with Crippen molar-refractivity contribution in [2.45, 2.75) is 6.43 Å². The first-order valence-electron chi connectivity index (χ1n) is 5.12. The minimum Gasteiger partial charge on any atom is -0.289 e. The number of hydrogen-bond donors (Lipinski definition) is 0. The summed E-state index contributed by atoms with van der Waals surface area (Å²) in [6.45, 7) is 0. The molecule has 1 heterocycles. The van der Waals surface area contributed by atoms with Crippen LogP contribution in [0, 0.1) is 5.82 Å². The summed E-state index contributed by atoms with van der Waals surface area (Å²) in [5, 5.41) is 0. The summed E-state index contributed by atoms with van der Waals surface area (Å²) in [5.74, 6) is -1.54. The SMILES string of the molecule is O=C(c1cccnc1)c1ccc(C(F)F)c(F)c1. The van der Waals surface area contributed by atoms with E-state index in [0.717, 1.165) is 12.1 Å². The van der Waals surface area contributed by atoms with Crippen molar-refractivity contribution in [3.63, 3.8) is 0 Å². The van der Waals surface area contributed by atoms with E-state index in [2.05, 4.69) is 4.98 Å². The van der Waals surface area contributed by atoms with Gasteiger partial charge in [-0.15, -0.1) is 0 Å². The van der Waals surface area contributed by atoms with E-state index in [0.29, 0.717) is 0 Å². The van der Waals surface area contributed by atoms with Gasteiger partial charge in [-0.3, -0.25) is 9.78 Å². The lowest BCUT2D eigenvalue weighted by Gasteiger charge is -2.04. The molecule has 5 heteroatoms. The number of benzene rings is 1. The van der Waals surface area contributed by atoms with Gasteiger partial charge in [0.2, 0.25) is 0 Å². The van der Waals surface area contributed by atoms with E-state index in [4.69, 9.17) is 0 Å². The van der Waals surface area contributed by atoms with Gasteiger partial charge in [-0.05, 0) is 24.3 Å². The lowest BCUT2D eigenvalue weighted by atomic mass is 10.0. The van der Waals surface area contributed by atoms with Crippen molar-refractivity contribution in [3.05, 3.63) is 65.2 Å². The van der Waals surface area contributed by atoms with Crippen molar-refractivity contribution >= 4 is 5.78 Å². The number of nitrogens with zero attached hydrogens (tertiary/aromatic N) is 1. The number of hydrogen-bond acceptors (Lipinski definition) is 2. The molecule has 0 saturated carbocycles. The molecule has 2 nitrogen and oxygen atoms in total. The Balaban J connectivity index is 2.36. The fourth-order valence-electron chi connectivity index (χ4n) is 1.51. The molecule has 0 amide bonds. The zero-order chi connectivity index (χ0) is 13.1. The maximum Gasteiger partial charge on any atom is 0.266 e. The van der Waals surface area contributed by atoms with Gasteiger partial charge in [-0.2, -0.15) is 0 Å². The Hall–Kier alpha value is -2.17. The number of halogens is 3. The van der Waals surface area contributed by atoms with Gasteiger partial charge in [0, 0.05) is 23.5 Å². The normalized spacial score (nSPS) is 10.7. The van der Waals surface area contributed by atoms with Crippen LogP contribution in [0.15, 0.2) is 42.7 Å². The molecule has 0 aliphatic carbocycles. The van der Waals surface area contributed by atoms with Gasteiger partial charge in [-0.25, -0.2) is 13.2 Å². The highest BCUT2D eigenvalue weighted by molar-refractivity contribution is 6.08. The number of pyridine rings is 1. The molecule has 18 heavy (non-hydrogen) atoms. The van der Waals surface area contributed by atoms with Crippen LogP contribution in [-0.4, -0.2) is 10.8 Å². The van der Waals surface area contributed by atoms with Gasteiger partial charge in [0.05, 0.1) is 5.56 Å². The summed E-state index contributed by atoms with van der Waals surface area (Å²) >= 11 is 0. The molecule has 0 N–H and O–H groups in total. The van der Waals surface area contributed by atoms with Crippen LogP contribution >= 0.6 is 0 Å². The summed E-state index contributed by atoms with van der Waals surface area (Å²) in [5.41, 5.74) is -0.413. The zero-order valence-corrected chi connectivity index (χ0v) is 9.11. The van der Waals surface area contributed by atoms with Gasteiger partial charge < -0.3 is 0 Å². The lowest BCUT2D eigenvalue weighted by molar-refractivity contribution is 0.103. The molecule has 92 valence electrons. The van der Waals surface area contributed by atoms with Crippen LogP contribution in [0.4, 0.5) is 13.2 Å². The highest BCUT2D eigenvalue weighted by Gasteiger charge is 2.16. The van der Waals surface area contributed by atoms with E-state index in [1.54, 1.807) is 6.07 Å². The first-order chi connectivity index (χ1) is 8.59. The van der Waals surface area contributed by atoms with Crippen LogP contribution in [0.25, 0.3) is 0 Å². The maximum atomic E-state index is 13.3. The average Bonchev–Trinajstić information content (AvgIpc) is 2.38. The summed E-state index contributed by atoms with van der Waals surface area (Å²) in [6.07, 6.45) is -0.0639. The second-order valence-corrected chi connectivity index (χ2v) is 3.61. The zero-order valence-electron chi connectivity index (χ0n) is 9.11. The third kappa shape index (κ3) is 2.40. The summed E-state index contributed by atoms with van der Waals surface area (Å²) in [6, 6.07) is 6.01. The molecular weight excluding hydrogens is 243 g/mol. The number of ketones is 1. The van der Waals surface area contributed by atoms with Gasteiger partial charge in [0.15, 0.2) is 5.78 Å². The molecule has 0 atom stereocenters. The molecule has 2 aromatic rings. The van der Waals surface area contributed by atoms with E-state index in [1.165, 1.54) is 24.5 Å². The molecule has 1 aromatic heterocycles. The van der Waals surface area contributed by atoms with Gasteiger partial charge in [0.1, 0.15) is 5.82 Å². The monoisotopic (exact) mass is 251 g/mol. The third-order valence-corrected chi connectivity index (χ3v) is 2.42. The third-order valence-electron chi connectivity index (χ3n) is 2.42. The molecule has 0 fully saturated rings. The quantitative estimate of drug-likeness (QED) is 0.782. The number of alkyl halides is 2. The Bertz CT molecular complexity index is 570. The van der Waals surface area contributed by atoms with Gasteiger partial charge in [-0.1, -0.05) is 6.07 Å². The van der Waals surface area contributed by atoms with E-state index in [1.807, 2.05) is 0 Å². The number of carbonyl (C=O) groups excluding carboxylic acids is 1. The van der Waals surface area contributed by atoms with Crippen LogP contribution in [0.2, 0.25) is 0 Å². The number of aromatic nitrogens is 1. The van der Waals surface area contributed by atoms with Gasteiger partial charge >= 0.3 is 0 Å². The van der Waals surface area contributed by atoms with Crippen LogP contribution < -0.4 is 0 Å². The summed E-state index contributed by atoms with van der Waals surface area (Å²) < 4.78 is 38.0. The topological polar surface area (TPSA) is 30.0 Å². The molecule has 0 saturated heterocycles. The van der Waals surface area contributed by atoms with E-state index in [9.17, 15) is 18.0 Å². The standard InChI is InChI=1S/C13H8F3NO/c14-11-6-8(3-4-10(11)13(15)16)12(18)9-2-1-5-17-7-9/h1-7,13H. The Morgan fingerprint density at radius 3 is 2.50 bits per heavy atom. The van der Waals surface area contributed by atoms with E-state index < -0.39 is 23.6 Å². The Kier molecular flexibility index (Phi) is 3.41. The molecule has 0 unspecified atom stereocenters. The molecule has 0 radical (unpaired) electrons. The number of rotatable bonds is 3. The smallest absolute Gasteiger partial charge is 0.266 e. The Morgan fingerprint density at radius 1 is 1.17 bits per heavy atom. The molecular formula is C13H8F3NO. The second-order valence-electron chi connectivity index (χ2n) is 3.61. The van der Waals surface area contributed by atoms with Crippen LogP contribution in [-0.2, 0) is 0 Å². The average molecular weight is 251 g/mol. The Labute approximate surface area is 101 Å². The highest BCUT2D eigenvalue weighted by atomic mass is 19.3. The predicted octanol–water partition coefficient (Wildman–Crippen LogP) is 3.39. The lowest BCUT2D eigenvalue weighted by Crippen LogP contribution is -2.03. The Morgan fingerprint density at radius 2 is 1.94 bits per heavy atom. The van der Waals surface area contributed by atoms with E-state index >= 15 is 0 Å². The van der Waals surface area contributed by atoms with Crippen LogP contribution in [0.1, 0.15) is 27.9 Å². The van der Waals surface area contributed by atoms with Crippen LogP contribution in [0.5, 0.6) is 0 Å². The summed E-state index contributed by atoms with van der Waals surface area (Å²) in [7, 11) is 0. The second kappa shape index (κ2) is 5.00. The maximum absolute atomic E-state index is 13.3. The molecule has 1 aromatic carbocycles. The largest absolute Gasteiger partial charge is 0.289 e. The van der Waals surface area contributed by atoms with E-state index in [-0.39, 0.29) is 11.1 Å². The predicted molar refractivity (Wildman–Crippen MR) is 59.0 cm³/mol.